The van der Waals surface area contributed by atoms with Crippen LogP contribution in [0.15, 0.2) is 23.7 Å². The van der Waals surface area contributed by atoms with Gasteiger partial charge in [-0.1, -0.05) is 0 Å². The van der Waals surface area contributed by atoms with Gasteiger partial charge >= 0.3 is 6.09 Å². The molecule has 4 nitrogen and oxygen atoms in total. The van der Waals surface area contributed by atoms with Crippen LogP contribution in [-0.2, 0) is 0 Å². The molecule has 0 unspecified atom stereocenters. The number of nitrogens with zero attached hydrogens (tertiary/aromatic N) is 2. The summed E-state index contributed by atoms with van der Waals surface area (Å²) in [5, 5.41) is 8.77. The normalized spacial score (nSPS) is 10.4. The van der Waals surface area contributed by atoms with Crippen molar-refractivity contribution in [1.82, 2.24) is 4.98 Å². The van der Waals surface area contributed by atoms with E-state index in [0.29, 0.717) is 5.69 Å². The van der Waals surface area contributed by atoms with Gasteiger partial charge in [-0.3, -0.25) is 4.90 Å². The fraction of sp³-hybridized carbons (Fsp3) is 0.111. The van der Waals surface area contributed by atoms with E-state index in [9.17, 15) is 4.79 Å². The Morgan fingerprint density at radius 3 is 3.07 bits per heavy atom. The summed E-state index contributed by atoms with van der Waals surface area (Å²) < 4.78 is 0.996. The molecule has 2 aromatic rings. The molecular weight excluding hydrogens is 200 g/mol. The van der Waals surface area contributed by atoms with Crippen LogP contribution in [0.1, 0.15) is 0 Å². The van der Waals surface area contributed by atoms with Gasteiger partial charge in [0.15, 0.2) is 0 Å². The Labute approximate surface area is 84.4 Å². The minimum absolute atomic E-state index is 0.661. The summed E-state index contributed by atoms with van der Waals surface area (Å²) in [6, 6.07) is 5.39. The summed E-state index contributed by atoms with van der Waals surface area (Å²) >= 11 is 1.50. The number of thiazole rings is 1. The summed E-state index contributed by atoms with van der Waals surface area (Å²) in [5.74, 6) is 0. The average Bonchev–Trinajstić information content (AvgIpc) is 2.62. The van der Waals surface area contributed by atoms with Gasteiger partial charge in [-0.25, -0.2) is 9.78 Å². The molecule has 0 aliphatic heterocycles. The van der Waals surface area contributed by atoms with Crippen LogP contribution in [0.5, 0.6) is 0 Å². The van der Waals surface area contributed by atoms with E-state index < -0.39 is 6.09 Å². The standard InChI is InChI=1S/C9H8N2O2S/c1-11(9(12)13)6-2-3-7-8(4-6)14-5-10-7/h2-5H,1H3,(H,12,13). The lowest BCUT2D eigenvalue weighted by Gasteiger charge is -2.12. The first-order chi connectivity index (χ1) is 6.68. The van der Waals surface area contributed by atoms with E-state index in [1.165, 1.54) is 23.3 Å². The van der Waals surface area contributed by atoms with Crippen LogP contribution < -0.4 is 4.90 Å². The van der Waals surface area contributed by atoms with Crippen molar-refractivity contribution in [2.75, 3.05) is 11.9 Å². The lowest BCUT2D eigenvalue weighted by molar-refractivity contribution is 0.203. The van der Waals surface area contributed by atoms with Gasteiger partial charge < -0.3 is 5.11 Å². The zero-order valence-electron chi connectivity index (χ0n) is 7.47. The van der Waals surface area contributed by atoms with E-state index >= 15 is 0 Å². The summed E-state index contributed by atoms with van der Waals surface area (Å²) in [6.45, 7) is 0. The third-order valence-electron chi connectivity index (χ3n) is 1.99. The lowest BCUT2D eigenvalue weighted by atomic mass is 10.3. The second-order valence-corrected chi connectivity index (χ2v) is 3.73. The first kappa shape index (κ1) is 8.96. The first-order valence-corrected chi connectivity index (χ1v) is 4.86. The van der Waals surface area contributed by atoms with Crippen LogP contribution in [0.4, 0.5) is 10.5 Å². The van der Waals surface area contributed by atoms with Crippen molar-refractivity contribution in [3.05, 3.63) is 23.7 Å². The molecule has 1 aromatic carbocycles. The Kier molecular flexibility index (Phi) is 2.09. The highest BCUT2D eigenvalue weighted by Gasteiger charge is 2.08. The van der Waals surface area contributed by atoms with Gasteiger partial charge in [0, 0.05) is 12.7 Å². The van der Waals surface area contributed by atoms with Crippen LogP contribution in [0.3, 0.4) is 0 Å². The molecule has 1 amide bonds. The van der Waals surface area contributed by atoms with Gasteiger partial charge in [0.1, 0.15) is 0 Å². The zero-order chi connectivity index (χ0) is 10.1. The fourth-order valence-corrected chi connectivity index (χ4v) is 1.87. The third-order valence-corrected chi connectivity index (χ3v) is 2.78. The van der Waals surface area contributed by atoms with Crippen molar-refractivity contribution in [1.29, 1.82) is 0 Å². The predicted octanol–water partition coefficient (Wildman–Crippen LogP) is 2.41. The topological polar surface area (TPSA) is 53.4 Å². The molecule has 0 aliphatic carbocycles. The molecule has 1 N–H and O–H groups in total. The molecule has 1 heterocycles. The summed E-state index contributed by atoms with van der Waals surface area (Å²) in [5.41, 5.74) is 3.31. The molecule has 14 heavy (non-hydrogen) atoms. The van der Waals surface area contributed by atoms with Crippen molar-refractivity contribution in [2.45, 2.75) is 0 Å². The van der Waals surface area contributed by atoms with Crippen LogP contribution in [0.2, 0.25) is 0 Å². The van der Waals surface area contributed by atoms with E-state index in [1.54, 1.807) is 11.6 Å². The van der Waals surface area contributed by atoms with Gasteiger partial charge in [-0.2, -0.15) is 0 Å². The van der Waals surface area contributed by atoms with Gasteiger partial charge in [-0.05, 0) is 18.2 Å². The Morgan fingerprint density at radius 1 is 1.57 bits per heavy atom. The maximum Gasteiger partial charge on any atom is 0.411 e. The first-order valence-electron chi connectivity index (χ1n) is 3.98. The van der Waals surface area contributed by atoms with Gasteiger partial charge in [0.2, 0.25) is 0 Å². The van der Waals surface area contributed by atoms with Crippen molar-refractivity contribution in [3.8, 4) is 0 Å². The highest BCUT2D eigenvalue weighted by Crippen LogP contribution is 2.23. The molecule has 0 saturated heterocycles. The number of carboxylic acid groups (broad SMARTS) is 1. The van der Waals surface area contributed by atoms with Crippen molar-refractivity contribution >= 4 is 33.3 Å². The smallest absolute Gasteiger partial charge is 0.411 e. The molecule has 2 rings (SSSR count). The van der Waals surface area contributed by atoms with Gasteiger partial charge in [0.25, 0.3) is 0 Å². The molecule has 0 fully saturated rings. The Hall–Kier alpha value is -1.62. The van der Waals surface area contributed by atoms with Crippen molar-refractivity contribution in [3.63, 3.8) is 0 Å². The zero-order valence-corrected chi connectivity index (χ0v) is 8.28. The van der Waals surface area contributed by atoms with Crippen LogP contribution in [0.25, 0.3) is 10.2 Å². The lowest BCUT2D eigenvalue weighted by Crippen LogP contribution is -2.23. The summed E-state index contributed by atoms with van der Waals surface area (Å²) in [6.07, 6.45) is -0.964. The molecule has 5 heteroatoms. The molecule has 0 aliphatic rings. The Morgan fingerprint density at radius 2 is 2.36 bits per heavy atom. The van der Waals surface area contributed by atoms with Crippen molar-refractivity contribution < 1.29 is 9.90 Å². The highest BCUT2D eigenvalue weighted by molar-refractivity contribution is 7.16. The molecule has 0 atom stereocenters. The second kappa shape index (κ2) is 3.26. The van der Waals surface area contributed by atoms with Gasteiger partial charge in [0.05, 0.1) is 15.7 Å². The highest BCUT2D eigenvalue weighted by atomic mass is 32.1. The van der Waals surface area contributed by atoms with E-state index in [0.717, 1.165) is 10.2 Å². The number of aromatic nitrogens is 1. The number of hydrogen-bond acceptors (Lipinski definition) is 3. The van der Waals surface area contributed by atoms with Gasteiger partial charge in [-0.15, -0.1) is 11.3 Å². The number of carbonyl (C=O) groups is 1. The van der Waals surface area contributed by atoms with Crippen LogP contribution >= 0.6 is 11.3 Å². The SMILES string of the molecule is CN(C(=O)O)c1ccc2ncsc2c1. The number of anilines is 1. The number of benzene rings is 1. The molecular formula is C9H8N2O2S. The maximum absolute atomic E-state index is 10.7. The molecule has 0 spiro atoms. The van der Waals surface area contributed by atoms with E-state index in [2.05, 4.69) is 4.98 Å². The summed E-state index contributed by atoms with van der Waals surface area (Å²) in [4.78, 5) is 16.0. The number of amides is 1. The third kappa shape index (κ3) is 1.42. The monoisotopic (exact) mass is 208 g/mol. The minimum atomic E-state index is -0.964. The summed E-state index contributed by atoms with van der Waals surface area (Å²) in [7, 11) is 1.52. The number of fused-ring (bicyclic) bond motifs is 1. The molecule has 0 radical (unpaired) electrons. The average molecular weight is 208 g/mol. The Bertz CT molecular complexity index is 480. The number of hydrogen-bond donors (Lipinski definition) is 1. The number of rotatable bonds is 1. The maximum atomic E-state index is 10.7. The molecule has 0 bridgehead atoms. The van der Waals surface area contributed by atoms with E-state index in [-0.39, 0.29) is 0 Å². The largest absolute Gasteiger partial charge is 0.465 e. The van der Waals surface area contributed by atoms with Crippen LogP contribution in [-0.4, -0.2) is 23.2 Å². The molecule has 72 valence electrons. The second-order valence-electron chi connectivity index (χ2n) is 2.85. The van der Waals surface area contributed by atoms with E-state index in [4.69, 9.17) is 5.11 Å². The fourth-order valence-electron chi connectivity index (χ4n) is 1.16. The van der Waals surface area contributed by atoms with Crippen molar-refractivity contribution in [2.24, 2.45) is 0 Å². The van der Waals surface area contributed by atoms with Crippen LogP contribution in [0, 0.1) is 0 Å². The predicted molar refractivity (Wildman–Crippen MR) is 56.0 cm³/mol. The Balaban J connectivity index is 2.48. The van der Waals surface area contributed by atoms with E-state index in [1.807, 2.05) is 12.1 Å². The molecule has 1 aromatic heterocycles. The quantitative estimate of drug-likeness (QED) is 0.783. The molecule has 0 saturated carbocycles. The minimum Gasteiger partial charge on any atom is -0.465 e.